The Hall–Kier alpha value is -2.15. The molecule has 0 bridgehead atoms. The molecule has 0 saturated carbocycles. The molecule has 4 nitrogen and oxygen atoms in total. The molecule has 0 aliphatic carbocycles. The molecule has 0 aliphatic heterocycles. The standard InChI is InChI=1S/C10H8N4/c1-8-2-3-9(7-11)6-10(8)14-5-4-12-13-14/h2-6H,1H3. The van der Waals surface area contributed by atoms with Gasteiger partial charge in [-0.3, -0.25) is 0 Å². The Bertz CT molecular complexity index is 479. The fourth-order valence-electron chi connectivity index (χ4n) is 1.26. The van der Waals surface area contributed by atoms with E-state index in [-0.39, 0.29) is 0 Å². The number of nitriles is 1. The minimum absolute atomic E-state index is 0.626. The number of aryl methyl sites for hydroxylation is 1. The molecule has 0 atom stereocenters. The topological polar surface area (TPSA) is 54.5 Å². The van der Waals surface area contributed by atoms with Crippen LogP contribution in [-0.4, -0.2) is 15.0 Å². The first kappa shape index (κ1) is 8.45. The van der Waals surface area contributed by atoms with Gasteiger partial charge in [0.1, 0.15) is 0 Å². The van der Waals surface area contributed by atoms with Crippen molar-refractivity contribution in [3.63, 3.8) is 0 Å². The second-order valence-corrected chi connectivity index (χ2v) is 2.96. The van der Waals surface area contributed by atoms with Crippen LogP contribution in [0.25, 0.3) is 5.69 Å². The van der Waals surface area contributed by atoms with Crippen molar-refractivity contribution in [2.24, 2.45) is 0 Å². The molecular formula is C10H8N4. The smallest absolute Gasteiger partial charge is 0.0992 e. The van der Waals surface area contributed by atoms with Crippen molar-refractivity contribution in [2.75, 3.05) is 0 Å². The van der Waals surface area contributed by atoms with Gasteiger partial charge in [-0.2, -0.15) is 5.26 Å². The molecule has 0 radical (unpaired) electrons. The van der Waals surface area contributed by atoms with Crippen LogP contribution in [0, 0.1) is 18.3 Å². The molecule has 0 fully saturated rings. The predicted molar refractivity (Wildman–Crippen MR) is 50.8 cm³/mol. The van der Waals surface area contributed by atoms with Crippen molar-refractivity contribution in [1.82, 2.24) is 15.0 Å². The van der Waals surface area contributed by atoms with E-state index in [1.807, 2.05) is 13.0 Å². The van der Waals surface area contributed by atoms with Gasteiger partial charge in [0.25, 0.3) is 0 Å². The van der Waals surface area contributed by atoms with Crippen molar-refractivity contribution in [2.45, 2.75) is 6.92 Å². The third-order valence-electron chi connectivity index (χ3n) is 2.01. The van der Waals surface area contributed by atoms with Crippen molar-refractivity contribution in [1.29, 1.82) is 5.26 Å². The van der Waals surface area contributed by atoms with Gasteiger partial charge in [0.15, 0.2) is 0 Å². The summed E-state index contributed by atoms with van der Waals surface area (Å²) in [4.78, 5) is 0. The fraction of sp³-hybridized carbons (Fsp3) is 0.100. The van der Waals surface area contributed by atoms with E-state index >= 15 is 0 Å². The van der Waals surface area contributed by atoms with Crippen molar-refractivity contribution in [3.05, 3.63) is 41.7 Å². The van der Waals surface area contributed by atoms with Gasteiger partial charge < -0.3 is 0 Å². The first-order chi connectivity index (χ1) is 6.81. The zero-order valence-corrected chi connectivity index (χ0v) is 7.68. The van der Waals surface area contributed by atoms with Gasteiger partial charge in [-0.15, -0.1) is 5.10 Å². The maximum Gasteiger partial charge on any atom is 0.0992 e. The summed E-state index contributed by atoms with van der Waals surface area (Å²) in [5.74, 6) is 0. The van der Waals surface area contributed by atoms with Gasteiger partial charge in [-0.05, 0) is 24.6 Å². The number of rotatable bonds is 1. The monoisotopic (exact) mass is 184 g/mol. The van der Waals surface area contributed by atoms with E-state index < -0.39 is 0 Å². The van der Waals surface area contributed by atoms with Gasteiger partial charge in [-0.25, -0.2) is 4.68 Å². The summed E-state index contributed by atoms with van der Waals surface area (Å²) in [5.41, 5.74) is 2.58. The molecule has 1 aromatic heterocycles. The number of aromatic nitrogens is 3. The van der Waals surface area contributed by atoms with E-state index in [1.54, 1.807) is 29.2 Å². The number of hydrogen-bond donors (Lipinski definition) is 0. The van der Waals surface area contributed by atoms with E-state index in [0.717, 1.165) is 11.3 Å². The maximum atomic E-state index is 8.76. The van der Waals surface area contributed by atoms with E-state index in [0.29, 0.717) is 5.56 Å². The van der Waals surface area contributed by atoms with E-state index in [4.69, 9.17) is 5.26 Å². The minimum Gasteiger partial charge on any atom is -0.220 e. The van der Waals surface area contributed by atoms with Crippen LogP contribution in [0.5, 0.6) is 0 Å². The number of nitrogens with zero attached hydrogens (tertiary/aromatic N) is 4. The van der Waals surface area contributed by atoms with Gasteiger partial charge in [-0.1, -0.05) is 11.3 Å². The highest BCUT2D eigenvalue weighted by molar-refractivity contribution is 5.46. The Morgan fingerprint density at radius 2 is 2.29 bits per heavy atom. The minimum atomic E-state index is 0.626. The molecule has 4 heteroatoms. The second-order valence-electron chi connectivity index (χ2n) is 2.96. The zero-order valence-electron chi connectivity index (χ0n) is 7.68. The molecule has 1 heterocycles. The molecule has 2 aromatic rings. The van der Waals surface area contributed by atoms with Crippen LogP contribution in [0.1, 0.15) is 11.1 Å². The highest BCUT2D eigenvalue weighted by Gasteiger charge is 2.02. The van der Waals surface area contributed by atoms with Gasteiger partial charge in [0, 0.05) is 0 Å². The number of hydrogen-bond acceptors (Lipinski definition) is 3. The third-order valence-corrected chi connectivity index (χ3v) is 2.01. The lowest BCUT2D eigenvalue weighted by Crippen LogP contribution is -1.98. The Morgan fingerprint density at radius 3 is 2.93 bits per heavy atom. The molecule has 0 amide bonds. The predicted octanol–water partition coefficient (Wildman–Crippen LogP) is 1.45. The molecule has 0 N–H and O–H groups in total. The maximum absolute atomic E-state index is 8.76. The summed E-state index contributed by atoms with van der Waals surface area (Å²) in [7, 11) is 0. The summed E-state index contributed by atoms with van der Waals surface area (Å²) < 4.78 is 1.65. The summed E-state index contributed by atoms with van der Waals surface area (Å²) in [6.07, 6.45) is 3.36. The Balaban J connectivity index is 2.58. The molecule has 14 heavy (non-hydrogen) atoms. The summed E-state index contributed by atoms with van der Waals surface area (Å²) in [5, 5.41) is 16.4. The average molecular weight is 184 g/mol. The molecular weight excluding hydrogens is 176 g/mol. The summed E-state index contributed by atoms with van der Waals surface area (Å²) >= 11 is 0. The van der Waals surface area contributed by atoms with Gasteiger partial charge >= 0.3 is 0 Å². The highest BCUT2D eigenvalue weighted by Crippen LogP contribution is 2.13. The van der Waals surface area contributed by atoms with Crippen molar-refractivity contribution >= 4 is 0 Å². The van der Waals surface area contributed by atoms with Crippen LogP contribution in [0.4, 0.5) is 0 Å². The normalized spacial score (nSPS) is 9.71. The molecule has 1 aromatic carbocycles. The Labute approximate surface area is 81.4 Å². The number of benzene rings is 1. The Kier molecular flexibility index (Phi) is 1.99. The van der Waals surface area contributed by atoms with Crippen LogP contribution in [0.15, 0.2) is 30.6 Å². The average Bonchev–Trinajstić information content (AvgIpc) is 2.71. The van der Waals surface area contributed by atoms with Crippen LogP contribution in [0.2, 0.25) is 0 Å². The third kappa shape index (κ3) is 1.36. The molecule has 2 rings (SSSR count). The van der Waals surface area contributed by atoms with Crippen molar-refractivity contribution in [3.8, 4) is 11.8 Å². The summed E-state index contributed by atoms with van der Waals surface area (Å²) in [6, 6.07) is 7.58. The SMILES string of the molecule is Cc1ccc(C#N)cc1-n1ccnn1. The van der Waals surface area contributed by atoms with Crippen LogP contribution < -0.4 is 0 Å². The molecule has 0 spiro atoms. The van der Waals surface area contributed by atoms with Gasteiger partial charge in [0.05, 0.1) is 29.7 Å². The van der Waals surface area contributed by atoms with E-state index in [2.05, 4.69) is 16.4 Å². The van der Waals surface area contributed by atoms with Gasteiger partial charge in [0.2, 0.25) is 0 Å². The lowest BCUT2D eigenvalue weighted by atomic mass is 10.1. The quantitative estimate of drug-likeness (QED) is 0.674. The van der Waals surface area contributed by atoms with Crippen LogP contribution in [0.3, 0.4) is 0 Å². The summed E-state index contributed by atoms with van der Waals surface area (Å²) in [6.45, 7) is 1.97. The lowest BCUT2D eigenvalue weighted by molar-refractivity contribution is 0.798. The first-order valence-electron chi connectivity index (χ1n) is 4.18. The lowest BCUT2D eigenvalue weighted by Gasteiger charge is -2.04. The first-order valence-corrected chi connectivity index (χ1v) is 4.18. The van der Waals surface area contributed by atoms with Crippen LogP contribution >= 0.6 is 0 Å². The largest absolute Gasteiger partial charge is 0.220 e. The second kappa shape index (κ2) is 3.30. The van der Waals surface area contributed by atoms with E-state index in [1.165, 1.54) is 0 Å². The molecule has 68 valence electrons. The van der Waals surface area contributed by atoms with Crippen molar-refractivity contribution < 1.29 is 0 Å². The highest BCUT2D eigenvalue weighted by atomic mass is 15.4. The fourth-order valence-corrected chi connectivity index (χ4v) is 1.26. The molecule has 0 unspecified atom stereocenters. The zero-order chi connectivity index (χ0) is 9.97. The van der Waals surface area contributed by atoms with E-state index in [9.17, 15) is 0 Å². The van der Waals surface area contributed by atoms with Crippen LogP contribution in [-0.2, 0) is 0 Å². The molecule has 0 aliphatic rings. The Morgan fingerprint density at radius 1 is 1.43 bits per heavy atom. The molecule has 0 saturated heterocycles.